The molecule has 0 aliphatic carbocycles. The van der Waals surface area contributed by atoms with Crippen molar-refractivity contribution in [2.24, 2.45) is 0 Å². The van der Waals surface area contributed by atoms with E-state index in [9.17, 15) is 32.5 Å². The van der Waals surface area contributed by atoms with Crippen molar-refractivity contribution in [3.8, 4) is 0 Å². The van der Waals surface area contributed by atoms with Gasteiger partial charge in [0.25, 0.3) is 5.69 Å². The fourth-order valence-electron chi connectivity index (χ4n) is 2.59. The summed E-state index contributed by atoms with van der Waals surface area (Å²) in [5.41, 5.74) is 3.70. The van der Waals surface area contributed by atoms with Crippen LogP contribution in [0.5, 0.6) is 0 Å². The van der Waals surface area contributed by atoms with Gasteiger partial charge in [-0.2, -0.15) is 28.1 Å². The molecule has 15 heteroatoms. The van der Waals surface area contributed by atoms with E-state index in [1.165, 1.54) is 24.3 Å². The summed E-state index contributed by atoms with van der Waals surface area (Å²) < 4.78 is 56.3. The zero-order valence-electron chi connectivity index (χ0n) is 17.0. The van der Waals surface area contributed by atoms with Crippen molar-refractivity contribution in [1.29, 1.82) is 0 Å². The maximum atomic E-state index is 13.0. The summed E-state index contributed by atoms with van der Waals surface area (Å²) in [6, 6.07) is 7.13. The number of alkyl halides is 3. The number of aromatic nitrogens is 3. The highest BCUT2D eigenvalue weighted by molar-refractivity contribution is 5.76. The Morgan fingerprint density at radius 1 is 1.12 bits per heavy atom. The van der Waals surface area contributed by atoms with Crippen LogP contribution in [0.25, 0.3) is 0 Å². The Balaban J connectivity index is 1.60. The van der Waals surface area contributed by atoms with Gasteiger partial charge in [0.2, 0.25) is 11.9 Å². The Hall–Kier alpha value is -4.56. The summed E-state index contributed by atoms with van der Waals surface area (Å²) in [6.45, 7) is -1.03. The van der Waals surface area contributed by atoms with Gasteiger partial charge in [-0.3, -0.25) is 14.9 Å². The van der Waals surface area contributed by atoms with E-state index in [1.807, 2.05) is 0 Å². The van der Waals surface area contributed by atoms with Crippen LogP contribution in [-0.2, 0) is 22.3 Å². The first-order valence-electron chi connectivity index (χ1n) is 9.29. The molecule has 178 valence electrons. The summed E-state index contributed by atoms with van der Waals surface area (Å²) in [5, 5.41) is 16.2. The monoisotopic (exact) mass is 481 g/mol. The summed E-state index contributed by atoms with van der Waals surface area (Å²) >= 11 is 0. The highest BCUT2D eigenvalue weighted by atomic mass is 19.4. The lowest BCUT2D eigenvalue weighted by atomic mass is 10.1. The van der Waals surface area contributed by atoms with E-state index < -0.39 is 47.3 Å². The molecule has 0 unspecified atom stereocenters. The second-order valence-corrected chi connectivity index (χ2v) is 6.57. The van der Waals surface area contributed by atoms with Crippen LogP contribution in [-0.4, -0.2) is 32.4 Å². The predicted molar refractivity (Wildman–Crippen MR) is 110 cm³/mol. The van der Waals surface area contributed by atoms with Crippen molar-refractivity contribution >= 4 is 34.9 Å². The molecule has 4 N–H and O–H groups in total. The van der Waals surface area contributed by atoms with Gasteiger partial charge in [0.1, 0.15) is 18.0 Å². The van der Waals surface area contributed by atoms with Gasteiger partial charge in [-0.05, 0) is 36.4 Å². The zero-order chi connectivity index (χ0) is 24.9. The third-order valence-electron chi connectivity index (χ3n) is 4.11. The molecule has 3 aromatic rings. The highest BCUT2D eigenvalue weighted by Crippen LogP contribution is 2.34. The first-order chi connectivity index (χ1) is 16.0. The van der Waals surface area contributed by atoms with Crippen LogP contribution in [0.4, 0.5) is 46.5 Å². The molecule has 0 aliphatic heterocycles. The minimum absolute atomic E-state index is 0.00339. The van der Waals surface area contributed by atoms with E-state index in [4.69, 9.17) is 10.5 Å². The number of esters is 1. The number of hydrogen-bond donors (Lipinski definition) is 3. The van der Waals surface area contributed by atoms with E-state index in [-0.39, 0.29) is 23.4 Å². The number of nitrogen functional groups attached to an aromatic ring is 1. The first kappa shape index (κ1) is 24.1. The number of nitrogens with zero attached hydrogens (tertiary/aromatic N) is 4. The molecule has 0 bridgehead atoms. The van der Waals surface area contributed by atoms with Gasteiger partial charge in [-0.15, -0.1) is 0 Å². The topological polar surface area (TPSA) is 158 Å². The van der Waals surface area contributed by atoms with Crippen molar-refractivity contribution < 1.29 is 32.0 Å². The normalized spacial score (nSPS) is 11.1. The van der Waals surface area contributed by atoms with Crippen molar-refractivity contribution in [3.05, 3.63) is 69.8 Å². The van der Waals surface area contributed by atoms with Crippen molar-refractivity contribution in [1.82, 2.24) is 15.0 Å². The van der Waals surface area contributed by atoms with E-state index in [2.05, 4.69) is 25.6 Å². The molecule has 1 aromatic heterocycles. The molecule has 3 rings (SSSR count). The number of halogens is 4. The van der Waals surface area contributed by atoms with Gasteiger partial charge in [0.15, 0.2) is 12.4 Å². The minimum Gasteiger partial charge on any atom is -0.456 e. The average molecular weight is 481 g/mol. The predicted octanol–water partition coefficient (Wildman–Crippen LogP) is 3.42. The third-order valence-corrected chi connectivity index (χ3v) is 4.11. The van der Waals surface area contributed by atoms with Crippen molar-refractivity contribution in [2.45, 2.75) is 12.8 Å². The number of carbonyl (C=O) groups excluding carboxylic acids is 1. The second-order valence-electron chi connectivity index (χ2n) is 6.57. The number of nitro benzene ring substituents is 1. The molecule has 0 saturated carbocycles. The van der Waals surface area contributed by atoms with Crippen molar-refractivity contribution in [3.63, 3.8) is 0 Å². The molecule has 1 heterocycles. The van der Waals surface area contributed by atoms with Crippen LogP contribution in [0.15, 0.2) is 42.5 Å². The van der Waals surface area contributed by atoms with Crippen LogP contribution in [0.3, 0.4) is 0 Å². The fourth-order valence-corrected chi connectivity index (χ4v) is 2.59. The number of ether oxygens (including phenoxy) is 1. The Bertz CT molecular complexity index is 1210. The summed E-state index contributed by atoms with van der Waals surface area (Å²) in [6.07, 6.45) is -4.76. The Kier molecular flexibility index (Phi) is 7.04. The Morgan fingerprint density at radius 3 is 2.47 bits per heavy atom. The van der Waals surface area contributed by atoms with Gasteiger partial charge in [-0.1, -0.05) is 0 Å². The summed E-state index contributed by atoms with van der Waals surface area (Å²) in [4.78, 5) is 33.8. The van der Waals surface area contributed by atoms with Gasteiger partial charge in [0.05, 0.1) is 10.5 Å². The molecule has 2 aromatic carbocycles. The molecule has 0 aliphatic rings. The highest BCUT2D eigenvalue weighted by Gasteiger charge is 2.33. The maximum absolute atomic E-state index is 13.0. The Morgan fingerprint density at radius 2 is 1.82 bits per heavy atom. The fraction of sp³-hybridized carbons (Fsp3) is 0.158. The zero-order valence-corrected chi connectivity index (χ0v) is 17.0. The average Bonchev–Trinajstić information content (AvgIpc) is 2.76. The quantitative estimate of drug-likeness (QED) is 0.188. The minimum atomic E-state index is -4.76. The number of nitrogens with two attached hydrogens (primary N) is 1. The lowest BCUT2D eigenvalue weighted by Gasteiger charge is -2.11. The Labute approximate surface area is 188 Å². The second kappa shape index (κ2) is 9.93. The van der Waals surface area contributed by atoms with Gasteiger partial charge in [-0.25, -0.2) is 4.39 Å². The molecule has 34 heavy (non-hydrogen) atoms. The van der Waals surface area contributed by atoms with Crippen LogP contribution < -0.4 is 16.4 Å². The smallest absolute Gasteiger partial charge is 0.416 e. The van der Waals surface area contributed by atoms with E-state index >= 15 is 0 Å². The van der Waals surface area contributed by atoms with Crippen molar-refractivity contribution in [2.75, 3.05) is 22.9 Å². The molecule has 0 atom stereocenters. The third kappa shape index (κ3) is 6.47. The van der Waals surface area contributed by atoms with E-state index in [0.717, 1.165) is 6.07 Å². The van der Waals surface area contributed by atoms with Crippen LogP contribution in [0.1, 0.15) is 11.4 Å². The number of rotatable bonds is 8. The van der Waals surface area contributed by atoms with E-state index in [1.54, 1.807) is 0 Å². The number of anilines is 4. The van der Waals surface area contributed by atoms with Crippen LogP contribution in [0.2, 0.25) is 0 Å². The maximum Gasteiger partial charge on any atom is 0.416 e. The van der Waals surface area contributed by atoms with Crippen LogP contribution in [0, 0.1) is 15.9 Å². The number of carbonyl (C=O) groups is 1. The molecule has 0 saturated heterocycles. The number of nitrogens with one attached hydrogen (secondary N) is 2. The number of benzene rings is 2. The largest absolute Gasteiger partial charge is 0.456 e. The van der Waals surface area contributed by atoms with Gasteiger partial charge < -0.3 is 21.1 Å². The molecule has 0 radical (unpaired) electrons. The lowest BCUT2D eigenvalue weighted by Crippen LogP contribution is -2.19. The molecular formula is C19H15F4N7O4. The van der Waals surface area contributed by atoms with Gasteiger partial charge in [0, 0.05) is 11.8 Å². The standard InChI is InChI=1S/C19H15F4N7O4/c20-11-2-4-12(5-3-11)26-18-28-15(27-17(24)29-18)9-34-16(31)8-25-13-6-1-10(19(21,22)23)7-14(13)30(32)33/h1-7,25H,8-9H2,(H3,24,26,27,28,29). The number of nitro groups is 1. The van der Waals surface area contributed by atoms with Crippen LogP contribution >= 0.6 is 0 Å². The SMILES string of the molecule is Nc1nc(COC(=O)CNc2ccc(C(F)(F)F)cc2[N+](=O)[O-])nc(Nc2ccc(F)cc2)n1. The first-order valence-corrected chi connectivity index (χ1v) is 9.29. The molecule has 0 fully saturated rings. The van der Waals surface area contributed by atoms with Gasteiger partial charge >= 0.3 is 12.1 Å². The molecular weight excluding hydrogens is 466 g/mol. The molecule has 11 nitrogen and oxygen atoms in total. The summed E-state index contributed by atoms with van der Waals surface area (Å²) in [7, 11) is 0. The lowest BCUT2D eigenvalue weighted by molar-refractivity contribution is -0.384. The molecule has 0 amide bonds. The number of hydrogen-bond acceptors (Lipinski definition) is 10. The van der Waals surface area contributed by atoms with E-state index in [0.29, 0.717) is 17.8 Å². The molecule has 0 spiro atoms. The summed E-state index contributed by atoms with van der Waals surface area (Å²) in [5.74, 6) is -1.57.